The highest BCUT2D eigenvalue weighted by atomic mass is 15.1. The predicted molar refractivity (Wildman–Crippen MR) is 72.0 cm³/mol. The van der Waals surface area contributed by atoms with Crippen LogP contribution in [0.4, 0.5) is 0 Å². The zero-order valence-electron chi connectivity index (χ0n) is 10.1. The first kappa shape index (κ1) is 10.7. The minimum absolute atomic E-state index is 0.914. The van der Waals surface area contributed by atoms with Crippen LogP contribution in [0.5, 0.6) is 0 Å². The maximum atomic E-state index is 4.44. The van der Waals surface area contributed by atoms with E-state index in [1.807, 2.05) is 30.5 Å². The number of nitrogens with one attached hydrogen (secondary N) is 1. The molecule has 2 heterocycles. The largest absolute Gasteiger partial charge is 0.276 e. The SMILES string of the molecule is Cc1cnc(-c2ccn[nH]2)cc1-c1ccccc1. The van der Waals surface area contributed by atoms with E-state index in [1.165, 1.54) is 16.7 Å². The Bertz CT molecular complexity index is 643. The summed E-state index contributed by atoms with van der Waals surface area (Å²) in [7, 11) is 0. The molecular formula is C15H13N3. The van der Waals surface area contributed by atoms with E-state index in [0.717, 1.165) is 11.4 Å². The summed E-state index contributed by atoms with van der Waals surface area (Å²) in [6.45, 7) is 2.08. The smallest absolute Gasteiger partial charge is 0.0886 e. The second kappa shape index (κ2) is 4.45. The quantitative estimate of drug-likeness (QED) is 0.739. The van der Waals surface area contributed by atoms with Crippen molar-refractivity contribution in [1.29, 1.82) is 0 Å². The molecule has 18 heavy (non-hydrogen) atoms. The molecule has 0 unspecified atom stereocenters. The van der Waals surface area contributed by atoms with Crippen LogP contribution >= 0.6 is 0 Å². The number of aromatic nitrogens is 3. The van der Waals surface area contributed by atoms with Gasteiger partial charge in [0.05, 0.1) is 11.4 Å². The number of hydrogen-bond donors (Lipinski definition) is 1. The van der Waals surface area contributed by atoms with Gasteiger partial charge in [0.25, 0.3) is 0 Å². The van der Waals surface area contributed by atoms with Crippen molar-refractivity contribution < 1.29 is 0 Å². The molecule has 0 bridgehead atoms. The van der Waals surface area contributed by atoms with Crippen LogP contribution in [0.3, 0.4) is 0 Å². The first-order valence-electron chi connectivity index (χ1n) is 5.86. The Labute approximate surface area is 106 Å². The monoisotopic (exact) mass is 235 g/mol. The van der Waals surface area contributed by atoms with Gasteiger partial charge in [-0.2, -0.15) is 5.10 Å². The zero-order valence-corrected chi connectivity index (χ0v) is 10.1. The van der Waals surface area contributed by atoms with Crippen LogP contribution in [0.25, 0.3) is 22.5 Å². The van der Waals surface area contributed by atoms with E-state index in [1.54, 1.807) is 6.20 Å². The summed E-state index contributed by atoms with van der Waals surface area (Å²) in [4.78, 5) is 4.44. The highest BCUT2D eigenvalue weighted by molar-refractivity contribution is 5.71. The maximum Gasteiger partial charge on any atom is 0.0886 e. The average Bonchev–Trinajstić information content (AvgIpc) is 2.94. The van der Waals surface area contributed by atoms with Gasteiger partial charge in [0.2, 0.25) is 0 Å². The maximum absolute atomic E-state index is 4.44. The number of rotatable bonds is 2. The summed E-state index contributed by atoms with van der Waals surface area (Å²) in [5, 5.41) is 6.90. The molecule has 0 aliphatic heterocycles. The molecule has 0 aliphatic carbocycles. The molecule has 3 heteroatoms. The van der Waals surface area contributed by atoms with Gasteiger partial charge in [0.1, 0.15) is 0 Å². The third-order valence-corrected chi connectivity index (χ3v) is 2.96. The number of aryl methyl sites for hydroxylation is 1. The summed E-state index contributed by atoms with van der Waals surface area (Å²) >= 11 is 0. The number of pyridine rings is 1. The minimum Gasteiger partial charge on any atom is -0.276 e. The summed E-state index contributed by atoms with van der Waals surface area (Å²) < 4.78 is 0. The lowest BCUT2D eigenvalue weighted by Gasteiger charge is -2.07. The van der Waals surface area contributed by atoms with Gasteiger partial charge in [-0.15, -0.1) is 0 Å². The molecule has 2 aromatic heterocycles. The van der Waals surface area contributed by atoms with Crippen LogP contribution in [-0.2, 0) is 0 Å². The Balaban J connectivity index is 2.13. The lowest BCUT2D eigenvalue weighted by Crippen LogP contribution is -1.89. The first-order chi connectivity index (χ1) is 8.84. The molecule has 1 N–H and O–H groups in total. The van der Waals surface area contributed by atoms with Crippen LogP contribution in [-0.4, -0.2) is 15.2 Å². The highest BCUT2D eigenvalue weighted by Gasteiger charge is 2.06. The van der Waals surface area contributed by atoms with Crippen LogP contribution in [0, 0.1) is 6.92 Å². The van der Waals surface area contributed by atoms with E-state index < -0.39 is 0 Å². The van der Waals surface area contributed by atoms with Crippen molar-refractivity contribution in [3.8, 4) is 22.5 Å². The van der Waals surface area contributed by atoms with Crippen molar-refractivity contribution in [3.63, 3.8) is 0 Å². The van der Waals surface area contributed by atoms with E-state index >= 15 is 0 Å². The van der Waals surface area contributed by atoms with Crippen LogP contribution in [0.2, 0.25) is 0 Å². The van der Waals surface area contributed by atoms with Gasteiger partial charge in [0.15, 0.2) is 0 Å². The minimum atomic E-state index is 0.914. The Morgan fingerprint density at radius 1 is 1.06 bits per heavy atom. The third-order valence-electron chi connectivity index (χ3n) is 2.96. The lowest BCUT2D eigenvalue weighted by molar-refractivity contribution is 1.08. The summed E-state index contributed by atoms with van der Waals surface area (Å²) in [5.41, 5.74) is 5.43. The Hall–Kier alpha value is -2.42. The Morgan fingerprint density at radius 2 is 1.89 bits per heavy atom. The van der Waals surface area contributed by atoms with E-state index in [2.05, 4.69) is 40.3 Å². The zero-order chi connectivity index (χ0) is 12.4. The molecule has 0 aliphatic rings. The predicted octanol–water partition coefficient (Wildman–Crippen LogP) is 3.45. The normalized spacial score (nSPS) is 10.5. The third kappa shape index (κ3) is 1.91. The molecule has 88 valence electrons. The van der Waals surface area contributed by atoms with Crippen LogP contribution < -0.4 is 0 Å². The molecule has 3 rings (SSSR count). The van der Waals surface area contributed by atoms with Gasteiger partial charge in [-0.3, -0.25) is 10.1 Å². The van der Waals surface area contributed by atoms with E-state index in [-0.39, 0.29) is 0 Å². The Kier molecular flexibility index (Phi) is 2.65. The first-order valence-corrected chi connectivity index (χ1v) is 5.86. The standard InChI is InChI=1S/C15H13N3/c1-11-10-16-15(14-7-8-17-18-14)9-13(11)12-5-3-2-4-6-12/h2-10H,1H3,(H,17,18). The van der Waals surface area contributed by atoms with Crippen molar-refractivity contribution in [2.45, 2.75) is 6.92 Å². The molecule has 3 aromatic rings. The molecule has 0 saturated heterocycles. The van der Waals surface area contributed by atoms with Gasteiger partial charge in [-0.1, -0.05) is 30.3 Å². The fourth-order valence-corrected chi connectivity index (χ4v) is 2.00. The van der Waals surface area contributed by atoms with Gasteiger partial charge in [-0.25, -0.2) is 0 Å². The van der Waals surface area contributed by atoms with Crippen molar-refractivity contribution in [2.75, 3.05) is 0 Å². The lowest BCUT2D eigenvalue weighted by atomic mass is 10.0. The fourth-order valence-electron chi connectivity index (χ4n) is 2.00. The number of aromatic amines is 1. The molecule has 0 fully saturated rings. The van der Waals surface area contributed by atoms with Gasteiger partial charge in [-0.05, 0) is 35.7 Å². The van der Waals surface area contributed by atoms with E-state index in [4.69, 9.17) is 0 Å². The van der Waals surface area contributed by atoms with Gasteiger partial charge in [0, 0.05) is 12.4 Å². The van der Waals surface area contributed by atoms with Crippen molar-refractivity contribution in [3.05, 3.63) is 60.4 Å². The highest BCUT2D eigenvalue weighted by Crippen LogP contribution is 2.26. The number of nitrogens with zero attached hydrogens (tertiary/aromatic N) is 2. The average molecular weight is 235 g/mol. The van der Waals surface area contributed by atoms with E-state index in [0.29, 0.717) is 0 Å². The number of hydrogen-bond acceptors (Lipinski definition) is 2. The van der Waals surface area contributed by atoms with Crippen molar-refractivity contribution >= 4 is 0 Å². The Morgan fingerprint density at radius 3 is 2.61 bits per heavy atom. The van der Waals surface area contributed by atoms with Gasteiger partial charge >= 0.3 is 0 Å². The second-order valence-electron chi connectivity index (χ2n) is 4.22. The van der Waals surface area contributed by atoms with Crippen LogP contribution in [0.1, 0.15) is 5.56 Å². The molecule has 0 saturated carbocycles. The van der Waals surface area contributed by atoms with Crippen molar-refractivity contribution in [1.82, 2.24) is 15.2 Å². The molecule has 0 spiro atoms. The molecule has 0 radical (unpaired) electrons. The molecule has 1 aromatic carbocycles. The number of H-pyrrole nitrogens is 1. The molecule has 0 amide bonds. The number of benzene rings is 1. The molecular weight excluding hydrogens is 222 g/mol. The second-order valence-corrected chi connectivity index (χ2v) is 4.22. The van der Waals surface area contributed by atoms with Crippen LogP contribution in [0.15, 0.2) is 54.9 Å². The topological polar surface area (TPSA) is 41.6 Å². The summed E-state index contributed by atoms with van der Waals surface area (Å²) in [5.74, 6) is 0. The molecule has 0 atom stereocenters. The summed E-state index contributed by atoms with van der Waals surface area (Å²) in [6.07, 6.45) is 3.64. The summed E-state index contributed by atoms with van der Waals surface area (Å²) in [6, 6.07) is 14.4. The van der Waals surface area contributed by atoms with Crippen molar-refractivity contribution in [2.24, 2.45) is 0 Å². The van der Waals surface area contributed by atoms with Gasteiger partial charge < -0.3 is 0 Å². The molecule has 3 nitrogen and oxygen atoms in total. The van der Waals surface area contributed by atoms with E-state index in [9.17, 15) is 0 Å². The fraction of sp³-hybridized carbons (Fsp3) is 0.0667.